The van der Waals surface area contributed by atoms with Crippen molar-refractivity contribution in [3.63, 3.8) is 0 Å². The SMILES string of the molecule is O=C(O)CN(CC(=O)O)C(=O)CCSSc1ccccn1. The molecule has 7 nitrogen and oxygen atoms in total. The van der Waals surface area contributed by atoms with Crippen molar-refractivity contribution in [2.24, 2.45) is 0 Å². The molecule has 114 valence electrons. The van der Waals surface area contributed by atoms with E-state index in [1.807, 2.05) is 12.1 Å². The zero-order chi connectivity index (χ0) is 15.7. The van der Waals surface area contributed by atoms with Crippen molar-refractivity contribution in [1.29, 1.82) is 0 Å². The molecule has 1 aromatic heterocycles. The van der Waals surface area contributed by atoms with Crippen LogP contribution in [0.5, 0.6) is 0 Å². The van der Waals surface area contributed by atoms with Gasteiger partial charge in [-0.15, -0.1) is 0 Å². The van der Waals surface area contributed by atoms with Crippen molar-refractivity contribution in [2.45, 2.75) is 11.4 Å². The summed E-state index contributed by atoms with van der Waals surface area (Å²) in [6.45, 7) is -1.22. The van der Waals surface area contributed by atoms with Crippen molar-refractivity contribution in [3.05, 3.63) is 24.4 Å². The number of rotatable bonds is 9. The summed E-state index contributed by atoms with van der Waals surface area (Å²) in [7, 11) is 2.81. The Bertz CT molecular complexity index is 482. The number of nitrogens with zero attached hydrogens (tertiary/aromatic N) is 2. The van der Waals surface area contributed by atoms with Gasteiger partial charge in [-0.05, 0) is 22.9 Å². The molecule has 0 fully saturated rings. The molecule has 0 spiro atoms. The molecule has 1 heterocycles. The standard InChI is InChI=1S/C12H14N2O5S2/c15-10(14(7-11(16)17)8-12(18)19)4-6-20-21-9-3-1-2-5-13-9/h1-3,5H,4,6-8H2,(H,16,17)(H,18,19). The number of pyridine rings is 1. The molecular formula is C12H14N2O5S2. The Kier molecular flexibility index (Phi) is 7.62. The number of amides is 1. The minimum atomic E-state index is -1.24. The van der Waals surface area contributed by atoms with Gasteiger partial charge in [0.15, 0.2) is 0 Å². The number of carboxylic acid groups (broad SMARTS) is 2. The normalized spacial score (nSPS) is 10.1. The number of carbonyl (C=O) groups is 3. The van der Waals surface area contributed by atoms with Crippen LogP contribution in [0.1, 0.15) is 6.42 Å². The van der Waals surface area contributed by atoms with E-state index < -0.39 is 30.9 Å². The lowest BCUT2D eigenvalue weighted by Gasteiger charge is -2.18. The smallest absolute Gasteiger partial charge is 0.323 e. The first-order valence-electron chi connectivity index (χ1n) is 5.91. The lowest BCUT2D eigenvalue weighted by Crippen LogP contribution is -2.39. The lowest BCUT2D eigenvalue weighted by molar-refractivity contribution is -0.149. The van der Waals surface area contributed by atoms with Crippen molar-refractivity contribution >= 4 is 39.4 Å². The van der Waals surface area contributed by atoms with Crippen molar-refractivity contribution in [2.75, 3.05) is 18.8 Å². The Morgan fingerprint density at radius 2 is 1.81 bits per heavy atom. The van der Waals surface area contributed by atoms with Crippen LogP contribution in [-0.4, -0.2) is 56.8 Å². The van der Waals surface area contributed by atoms with Crippen LogP contribution in [0.2, 0.25) is 0 Å². The van der Waals surface area contributed by atoms with E-state index in [0.29, 0.717) is 5.75 Å². The molecule has 0 bridgehead atoms. The molecule has 0 saturated heterocycles. The highest BCUT2D eigenvalue weighted by atomic mass is 33.1. The Morgan fingerprint density at radius 1 is 1.14 bits per heavy atom. The maximum Gasteiger partial charge on any atom is 0.323 e. The summed E-state index contributed by atoms with van der Waals surface area (Å²) < 4.78 is 0. The first kappa shape index (κ1) is 17.3. The average Bonchev–Trinajstić information content (AvgIpc) is 2.43. The minimum absolute atomic E-state index is 0.0745. The third-order valence-corrected chi connectivity index (χ3v) is 4.45. The molecular weight excluding hydrogens is 316 g/mol. The number of carboxylic acids is 2. The molecule has 21 heavy (non-hydrogen) atoms. The monoisotopic (exact) mass is 330 g/mol. The molecule has 0 aromatic carbocycles. The van der Waals surface area contributed by atoms with E-state index in [2.05, 4.69) is 4.98 Å². The maximum atomic E-state index is 11.8. The van der Waals surface area contributed by atoms with E-state index in [0.717, 1.165) is 9.93 Å². The van der Waals surface area contributed by atoms with Gasteiger partial charge in [0.1, 0.15) is 18.1 Å². The molecule has 0 aliphatic rings. The summed E-state index contributed by atoms with van der Waals surface area (Å²) in [5.74, 6) is -2.52. The predicted molar refractivity (Wildman–Crippen MR) is 79.0 cm³/mol. The number of carbonyl (C=O) groups excluding carboxylic acids is 1. The van der Waals surface area contributed by atoms with Gasteiger partial charge in [-0.2, -0.15) is 0 Å². The minimum Gasteiger partial charge on any atom is -0.480 e. The lowest BCUT2D eigenvalue weighted by atomic mass is 10.3. The van der Waals surface area contributed by atoms with Gasteiger partial charge in [-0.1, -0.05) is 16.9 Å². The second kappa shape index (κ2) is 9.24. The van der Waals surface area contributed by atoms with Crippen LogP contribution in [0.4, 0.5) is 0 Å². The molecule has 0 unspecified atom stereocenters. The summed E-state index contributed by atoms with van der Waals surface area (Å²) in [6, 6.07) is 5.48. The van der Waals surface area contributed by atoms with Gasteiger partial charge in [0.25, 0.3) is 0 Å². The Morgan fingerprint density at radius 3 is 2.33 bits per heavy atom. The third kappa shape index (κ3) is 7.57. The predicted octanol–water partition coefficient (Wildman–Crippen LogP) is 1.21. The van der Waals surface area contributed by atoms with Gasteiger partial charge in [0.2, 0.25) is 5.91 Å². The zero-order valence-corrected chi connectivity index (χ0v) is 12.6. The van der Waals surface area contributed by atoms with Crippen LogP contribution in [0.25, 0.3) is 0 Å². The first-order valence-corrected chi connectivity index (χ1v) is 8.23. The molecule has 1 rings (SSSR count). The second-order valence-corrected chi connectivity index (χ2v) is 6.30. The van der Waals surface area contributed by atoms with E-state index in [9.17, 15) is 14.4 Å². The Balaban J connectivity index is 2.35. The maximum absolute atomic E-state index is 11.8. The van der Waals surface area contributed by atoms with E-state index >= 15 is 0 Å². The molecule has 2 N–H and O–H groups in total. The fraction of sp³-hybridized carbons (Fsp3) is 0.333. The molecule has 1 aromatic rings. The highest BCUT2D eigenvalue weighted by Crippen LogP contribution is 2.29. The fourth-order valence-corrected chi connectivity index (χ4v) is 3.20. The molecule has 0 aliphatic heterocycles. The number of aliphatic carboxylic acids is 2. The van der Waals surface area contributed by atoms with Crippen LogP contribution < -0.4 is 0 Å². The number of hydrogen-bond donors (Lipinski definition) is 2. The van der Waals surface area contributed by atoms with Gasteiger partial charge in [-0.25, -0.2) is 4.98 Å². The van der Waals surface area contributed by atoms with Gasteiger partial charge in [0, 0.05) is 18.4 Å². The van der Waals surface area contributed by atoms with Crippen LogP contribution in [0.3, 0.4) is 0 Å². The Hall–Kier alpha value is -1.74. The quantitative estimate of drug-likeness (QED) is 0.514. The van der Waals surface area contributed by atoms with E-state index in [1.165, 1.54) is 21.6 Å². The summed E-state index contributed by atoms with van der Waals surface area (Å²) in [6.07, 6.45) is 1.74. The Labute approximate surface area is 129 Å². The molecule has 0 saturated carbocycles. The van der Waals surface area contributed by atoms with E-state index in [4.69, 9.17) is 10.2 Å². The zero-order valence-electron chi connectivity index (χ0n) is 11.0. The molecule has 0 atom stereocenters. The van der Waals surface area contributed by atoms with E-state index in [-0.39, 0.29) is 6.42 Å². The highest BCUT2D eigenvalue weighted by molar-refractivity contribution is 8.76. The average molecular weight is 330 g/mol. The van der Waals surface area contributed by atoms with Crippen LogP contribution in [0, 0.1) is 0 Å². The van der Waals surface area contributed by atoms with Gasteiger partial charge >= 0.3 is 11.9 Å². The molecule has 0 aliphatic carbocycles. The van der Waals surface area contributed by atoms with Crippen LogP contribution >= 0.6 is 21.6 Å². The largest absolute Gasteiger partial charge is 0.480 e. The summed E-state index contributed by atoms with van der Waals surface area (Å²) >= 11 is 0. The van der Waals surface area contributed by atoms with Gasteiger partial charge < -0.3 is 15.1 Å². The molecule has 0 radical (unpaired) electrons. The van der Waals surface area contributed by atoms with Crippen molar-refractivity contribution < 1.29 is 24.6 Å². The van der Waals surface area contributed by atoms with Crippen molar-refractivity contribution in [1.82, 2.24) is 9.88 Å². The third-order valence-electron chi connectivity index (χ3n) is 2.19. The number of hydrogen-bond acceptors (Lipinski definition) is 6. The summed E-state index contributed by atoms with van der Waals surface area (Å²) in [5.41, 5.74) is 0. The van der Waals surface area contributed by atoms with Crippen LogP contribution in [0.15, 0.2) is 29.4 Å². The summed E-state index contributed by atoms with van der Waals surface area (Å²) in [4.78, 5) is 37.9. The number of aromatic nitrogens is 1. The van der Waals surface area contributed by atoms with E-state index in [1.54, 1.807) is 12.3 Å². The highest BCUT2D eigenvalue weighted by Gasteiger charge is 2.19. The topological polar surface area (TPSA) is 108 Å². The summed E-state index contributed by atoms with van der Waals surface area (Å²) in [5, 5.41) is 18.1. The molecule has 9 heteroatoms. The fourth-order valence-electron chi connectivity index (χ4n) is 1.34. The first-order chi connectivity index (χ1) is 9.99. The van der Waals surface area contributed by atoms with Crippen molar-refractivity contribution in [3.8, 4) is 0 Å². The van der Waals surface area contributed by atoms with Gasteiger partial charge in [0.05, 0.1) is 0 Å². The second-order valence-electron chi connectivity index (χ2n) is 3.86. The van der Waals surface area contributed by atoms with Crippen LogP contribution in [-0.2, 0) is 14.4 Å². The van der Waals surface area contributed by atoms with Gasteiger partial charge in [-0.3, -0.25) is 14.4 Å². The molecule has 1 amide bonds.